The molecule has 0 spiro atoms. The Morgan fingerprint density at radius 1 is 1.25 bits per heavy atom. The van der Waals surface area contributed by atoms with Gasteiger partial charge in [-0.1, -0.05) is 19.9 Å². The molecule has 1 N–H and O–H groups in total. The van der Waals surface area contributed by atoms with Crippen molar-refractivity contribution in [2.45, 2.75) is 40.3 Å². The van der Waals surface area contributed by atoms with E-state index in [4.69, 9.17) is 4.74 Å². The average molecular weight is 278 g/mol. The molecule has 0 aliphatic rings. The fraction of sp³-hybridized carbons (Fsp3) is 0.647. The molecule has 0 aliphatic heterocycles. The molecule has 1 unspecified atom stereocenters. The monoisotopic (exact) mass is 278 g/mol. The third kappa shape index (κ3) is 5.14. The Hall–Kier alpha value is -1.06. The van der Waals surface area contributed by atoms with E-state index in [1.165, 1.54) is 11.1 Å². The maximum absolute atomic E-state index is 5.76. The third-order valence-corrected chi connectivity index (χ3v) is 3.43. The number of nitrogens with one attached hydrogen (secondary N) is 1. The summed E-state index contributed by atoms with van der Waals surface area (Å²) in [6.45, 7) is 11.4. The van der Waals surface area contributed by atoms with E-state index in [0.717, 1.165) is 18.8 Å². The van der Waals surface area contributed by atoms with Crippen molar-refractivity contribution in [1.29, 1.82) is 0 Å². The van der Waals surface area contributed by atoms with Gasteiger partial charge in [-0.3, -0.25) is 0 Å². The van der Waals surface area contributed by atoms with Crippen molar-refractivity contribution in [1.82, 2.24) is 10.2 Å². The molecule has 0 bridgehead atoms. The van der Waals surface area contributed by atoms with Crippen molar-refractivity contribution >= 4 is 0 Å². The summed E-state index contributed by atoms with van der Waals surface area (Å²) in [7, 11) is 4.16. The number of rotatable bonds is 8. The Labute approximate surface area is 124 Å². The zero-order valence-electron chi connectivity index (χ0n) is 13.9. The molecule has 0 radical (unpaired) electrons. The second-order valence-corrected chi connectivity index (χ2v) is 5.90. The molecule has 0 heterocycles. The number of nitrogens with zero attached hydrogens (tertiary/aromatic N) is 1. The predicted molar refractivity (Wildman–Crippen MR) is 86.3 cm³/mol. The first-order chi connectivity index (χ1) is 9.47. The van der Waals surface area contributed by atoms with Crippen LogP contribution in [0.4, 0.5) is 0 Å². The maximum atomic E-state index is 5.76. The second-order valence-electron chi connectivity index (χ2n) is 5.90. The average Bonchev–Trinajstić information content (AvgIpc) is 2.39. The van der Waals surface area contributed by atoms with Crippen LogP contribution < -0.4 is 10.1 Å². The van der Waals surface area contributed by atoms with Crippen molar-refractivity contribution in [2.24, 2.45) is 5.92 Å². The zero-order valence-corrected chi connectivity index (χ0v) is 13.9. The summed E-state index contributed by atoms with van der Waals surface area (Å²) in [5.41, 5.74) is 2.58. The van der Waals surface area contributed by atoms with Crippen LogP contribution in [0.1, 0.15) is 44.9 Å². The van der Waals surface area contributed by atoms with Crippen molar-refractivity contribution in [2.75, 3.05) is 27.2 Å². The van der Waals surface area contributed by atoms with Gasteiger partial charge in [0, 0.05) is 24.7 Å². The molecule has 0 saturated heterocycles. The van der Waals surface area contributed by atoms with E-state index in [1.807, 2.05) is 14.0 Å². The van der Waals surface area contributed by atoms with E-state index in [1.54, 1.807) is 0 Å². The van der Waals surface area contributed by atoms with Gasteiger partial charge < -0.3 is 15.0 Å². The summed E-state index contributed by atoms with van der Waals surface area (Å²) in [6, 6.07) is 6.88. The van der Waals surface area contributed by atoms with E-state index in [9.17, 15) is 0 Å². The molecule has 0 fully saturated rings. The highest BCUT2D eigenvalue weighted by Crippen LogP contribution is 2.25. The molecule has 1 atom stereocenters. The highest BCUT2D eigenvalue weighted by Gasteiger charge is 2.11. The fourth-order valence-electron chi connectivity index (χ4n) is 2.43. The molecular weight excluding hydrogens is 248 g/mol. The molecule has 0 amide bonds. The molecule has 0 aromatic heterocycles. The highest BCUT2D eigenvalue weighted by atomic mass is 16.5. The summed E-state index contributed by atoms with van der Waals surface area (Å²) >= 11 is 0. The number of ether oxygens (including phenoxy) is 1. The van der Waals surface area contributed by atoms with Crippen molar-refractivity contribution in [3.63, 3.8) is 0 Å². The Morgan fingerprint density at radius 3 is 2.50 bits per heavy atom. The normalized spacial score (nSPS) is 13.0. The van der Waals surface area contributed by atoms with Crippen LogP contribution in [0, 0.1) is 5.92 Å². The van der Waals surface area contributed by atoms with Gasteiger partial charge in [-0.25, -0.2) is 0 Å². The summed E-state index contributed by atoms with van der Waals surface area (Å²) in [4.78, 5) is 2.36. The number of hydrogen-bond donors (Lipinski definition) is 1. The Balaban J connectivity index is 2.93. The van der Waals surface area contributed by atoms with E-state index in [-0.39, 0.29) is 0 Å². The predicted octanol–water partition coefficient (Wildman–Crippen LogP) is 3.45. The molecule has 1 aromatic rings. The van der Waals surface area contributed by atoms with E-state index in [2.05, 4.69) is 56.2 Å². The van der Waals surface area contributed by atoms with Gasteiger partial charge in [0.05, 0.1) is 6.61 Å². The van der Waals surface area contributed by atoms with Crippen molar-refractivity contribution in [3.8, 4) is 5.75 Å². The van der Waals surface area contributed by atoms with Gasteiger partial charge in [0.2, 0.25) is 0 Å². The van der Waals surface area contributed by atoms with Crippen LogP contribution in [0.2, 0.25) is 0 Å². The van der Waals surface area contributed by atoms with Crippen LogP contribution in [0.15, 0.2) is 18.2 Å². The lowest BCUT2D eigenvalue weighted by Gasteiger charge is -2.22. The first kappa shape index (κ1) is 17.0. The molecule has 3 heteroatoms. The molecule has 3 nitrogen and oxygen atoms in total. The SMILES string of the molecule is CCOc1ccc(C(C)NC)cc1CN(C)CC(C)C. The summed E-state index contributed by atoms with van der Waals surface area (Å²) in [6.07, 6.45) is 0. The summed E-state index contributed by atoms with van der Waals surface area (Å²) in [5.74, 6) is 1.69. The van der Waals surface area contributed by atoms with Crippen LogP contribution in [0.5, 0.6) is 5.75 Å². The van der Waals surface area contributed by atoms with E-state index in [0.29, 0.717) is 18.6 Å². The Morgan fingerprint density at radius 2 is 1.95 bits per heavy atom. The lowest BCUT2D eigenvalue weighted by atomic mass is 10.0. The Bertz CT molecular complexity index is 404. The molecule has 1 rings (SSSR count). The van der Waals surface area contributed by atoms with Gasteiger partial charge in [-0.2, -0.15) is 0 Å². The number of benzene rings is 1. The summed E-state index contributed by atoms with van der Waals surface area (Å²) in [5, 5.41) is 3.29. The second kappa shape index (κ2) is 8.28. The van der Waals surface area contributed by atoms with Crippen LogP contribution in [0.3, 0.4) is 0 Å². The van der Waals surface area contributed by atoms with Crippen LogP contribution >= 0.6 is 0 Å². The van der Waals surface area contributed by atoms with E-state index >= 15 is 0 Å². The quantitative estimate of drug-likeness (QED) is 0.788. The molecule has 1 aromatic carbocycles. The van der Waals surface area contributed by atoms with Gasteiger partial charge in [0.15, 0.2) is 0 Å². The van der Waals surface area contributed by atoms with Crippen LogP contribution in [-0.2, 0) is 6.54 Å². The molecule has 0 saturated carbocycles. The first-order valence-electron chi connectivity index (χ1n) is 7.59. The lowest BCUT2D eigenvalue weighted by molar-refractivity contribution is 0.277. The fourth-order valence-corrected chi connectivity index (χ4v) is 2.43. The standard InChI is InChI=1S/C17H30N2O/c1-7-20-17-9-8-15(14(4)18-5)10-16(17)12-19(6)11-13(2)3/h8-10,13-14,18H,7,11-12H2,1-6H3. The van der Waals surface area contributed by atoms with E-state index < -0.39 is 0 Å². The smallest absolute Gasteiger partial charge is 0.123 e. The van der Waals surface area contributed by atoms with Gasteiger partial charge in [-0.15, -0.1) is 0 Å². The zero-order chi connectivity index (χ0) is 15.1. The minimum atomic E-state index is 0.361. The van der Waals surface area contributed by atoms with Crippen LogP contribution in [-0.4, -0.2) is 32.1 Å². The topological polar surface area (TPSA) is 24.5 Å². The largest absolute Gasteiger partial charge is 0.494 e. The lowest BCUT2D eigenvalue weighted by Crippen LogP contribution is -2.23. The Kier molecular flexibility index (Phi) is 7.03. The molecule has 0 aliphatic carbocycles. The van der Waals surface area contributed by atoms with Crippen LogP contribution in [0.25, 0.3) is 0 Å². The van der Waals surface area contributed by atoms with Gasteiger partial charge in [0.1, 0.15) is 5.75 Å². The van der Waals surface area contributed by atoms with Crippen molar-refractivity contribution < 1.29 is 4.74 Å². The van der Waals surface area contributed by atoms with Crippen molar-refractivity contribution in [3.05, 3.63) is 29.3 Å². The highest BCUT2D eigenvalue weighted by molar-refractivity contribution is 5.38. The molecule has 20 heavy (non-hydrogen) atoms. The minimum absolute atomic E-state index is 0.361. The molecule has 114 valence electrons. The first-order valence-corrected chi connectivity index (χ1v) is 7.59. The number of hydrogen-bond acceptors (Lipinski definition) is 3. The van der Waals surface area contributed by atoms with Gasteiger partial charge in [-0.05, 0) is 51.6 Å². The molecular formula is C17H30N2O. The van der Waals surface area contributed by atoms with Gasteiger partial charge >= 0.3 is 0 Å². The minimum Gasteiger partial charge on any atom is -0.494 e. The summed E-state index contributed by atoms with van der Waals surface area (Å²) < 4.78 is 5.76. The third-order valence-electron chi connectivity index (χ3n) is 3.43. The van der Waals surface area contributed by atoms with Gasteiger partial charge in [0.25, 0.3) is 0 Å². The maximum Gasteiger partial charge on any atom is 0.123 e.